The molecule has 80 valence electrons. The minimum absolute atomic E-state index is 0.162. The Labute approximate surface area is 97.4 Å². The van der Waals surface area contributed by atoms with Crippen molar-refractivity contribution >= 4 is 40.6 Å². The molecule has 1 rings (SSSR count). The molecule has 0 aliphatic rings. The molecule has 0 aromatic heterocycles. The number of Topliss-reactive ketones (excluding diaryl/α,β-unsaturated/α-hetero) is 1. The van der Waals surface area contributed by atoms with Crippen molar-refractivity contribution in [1.82, 2.24) is 0 Å². The lowest BCUT2D eigenvalue weighted by Gasteiger charge is -2.08. The van der Waals surface area contributed by atoms with Gasteiger partial charge in [-0.25, -0.2) is 0 Å². The van der Waals surface area contributed by atoms with Crippen LogP contribution in [0.15, 0.2) is 12.1 Å². The Morgan fingerprint density at radius 1 is 1.13 bits per heavy atom. The van der Waals surface area contributed by atoms with E-state index in [1.165, 1.54) is 19.9 Å². The van der Waals surface area contributed by atoms with Gasteiger partial charge in [-0.05, 0) is 19.1 Å². The van der Waals surface area contributed by atoms with E-state index in [1.807, 2.05) is 0 Å². The van der Waals surface area contributed by atoms with E-state index in [4.69, 9.17) is 23.2 Å². The van der Waals surface area contributed by atoms with Crippen LogP contribution in [0, 0.1) is 0 Å². The van der Waals surface area contributed by atoms with Gasteiger partial charge in [0.1, 0.15) is 0 Å². The number of carbonyl (C=O) groups is 2. The number of hydrogen-bond donors (Lipinski definition) is 1. The van der Waals surface area contributed by atoms with Gasteiger partial charge in [-0.2, -0.15) is 0 Å². The summed E-state index contributed by atoms with van der Waals surface area (Å²) in [6, 6.07) is 3.08. The summed E-state index contributed by atoms with van der Waals surface area (Å²) in [4.78, 5) is 21.9. The summed E-state index contributed by atoms with van der Waals surface area (Å²) in [5.41, 5.74) is 0.745. The van der Waals surface area contributed by atoms with Crippen LogP contribution in [0.4, 0.5) is 5.69 Å². The lowest BCUT2D eigenvalue weighted by molar-refractivity contribution is -0.114. The lowest BCUT2D eigenvalue weighted by atomic mass is 10.1. The minimum atomic E-state index is -0.247. The van der Waals surface area contributed by atoms with Crippen LogP contribution in [0.1, 0.15) is 24.2 Å². The third kappa shape index (κ3) is 2.70. The predicted molar refractivity (Wildman–Crippen MR) is 60.8 cm³/mol. The van der Waals surface area contributed by atoms with Crippen molar-refractivity contribution in [2.75, 3.05) is 5.32 Å². The maximum atomic E-state index is 11.1. The molecule has 0 fully saturated rings. The zero-order chi connectivity index (χ0) is 11.6. The Morgan fingerprint density at radius 2 is 1.73 bits per heavy atom. The number of benzene rings is 1. The van der Waals surface area contributed by atoms with Crippen molar-refractivity contribution in [2.45, 2.75) is 13.8 Å². The Kier molecular flexibility index (Phi) is 3.72. The van der Waals surface area contributed by atoms with E-state index in [9.17, 15) is 9.59 Å². The molecule has 1 aromatic carbocycles. The molecule has 3 nitrogen and oxygen atoms in total. The van der Waals surface area contributed by atoms with Crippen molar-refractivity contribution in [3.8, 4) is 0 Å². The van der Waals surface area contributed by atoms with Crippen molar-refractivity contribution in [1.29, 1.82) is 0 Å². The smallest absolute Gasteiger partial charge is 0.221 e. The number of nitrogens with one attached hydrogen (secondary N) is 1. The van der Waals surface area contributed by atoms with Gasteiger partial charge < -0.3 is 5.32 Å². The van der Waals surface area contributed by atoms with Gasteiger partial charge in [0.2, 0.25) is 5.91 Å². The van der Waals surface area contributed by atoms with E-state index >= 15 is 0 Å². The van der Waals surface area contributed by atoms with E-state index in [0.29, 0.717) is 11.3 Å². The van der Waals surface area contributed by atoms with E-state index in [2.05, 4.69) is 5.32 Å². The summed E-state index contributed by atoms with van der Waals surface area (Å²) in [6.45, 7) is 2.76. The van der Waals surface area contributed by atoms with E-state index in [1.54, 1.807) is 6.07 Å². The van der Waals surface area contributed by atoms with Crippen molar-refractivity contribution in [2.24, 2.45) is 0 Å². The lowest BCUT2D eigenvalue weighted by Crippen LogP contribution is -2.07. The molecule has 1 amide bonds. The summed E-state index contributed by atoms with van der Waals surface area (Å²) in [5, 5.41) is 2.86. The molecule has 0 bridgehead atoms. The van der Waals surface area contributed by atoms with Gasteiger partial charge in [0.15, 0.2) is 5.78 Å². The second kappa shape index (κ2) is 4.64. The first-order valence-electron chi connectivity index (χ1n) is 4.20. The highest BCUT2D eigenvalue weighted by Crippen LogP contribution is 2.33. The highest BCUT2D eigenvalue weighted by atomic mass is 35.5. The fourth-order valence-corrected chi connectivity index (χ4v) is 1.62. The van der Waals surface area contributed by atoms with E-state index < -0.39 is 0 Å². The van der Waals surface area contributed by atoms with Crippen molar-refractivity contribution in [3.05, 3.63) is 27.7 Å². The molecule has 5 heteroatoms. The second-order valence-electron chi connectivity index (χ2n) is 3.03. The molecule has 0 heterocycles. The average molecular weight is 246 g/mol. The zero-order valence-electron chi connectivity index (χ0n) is 8.23. The zero-order valence-corrected chi connectivity index (χ0v) is 9.74. The van der Waals surface area contributed by atoms with Crippen molar-refractivity contribution in [3.63, 3.8) is 0 Å². The van der Waals surface area contributed by atoms with Crippen LogP contribution in [-0.4, -0.2) is 11.7 Å². The Morgan fingerprint density at radius 3 is 2.20 bits per heavy atom. The largest absolute Gasteiger partial charge is 0.325 e. The number of rotatable bonds is 2. The van der Waals surface area contributed by atoms with Crippen LogP contribution in [0.5, 0.6) is 0 Å². The highest BCUT2D eigenvalue weighted by molar-refractivity contribution is 6.45. The Balaban J connectivity index is 3.21. The van der Waals surface area contributed by atoms with Gasteiger partial charge in [0.05, 0.1) is 15.7 Å². The van der Waals surface area contributed by atoms with Crippen LogP contribution in [0.3, 0.4) is 0 Å². The predicted octanol–water partition coefficient (Wildman–Crippen LogP) is 3.15. The molecule has 0 radical (unpaired) electrons. The number of ketones is 1. The Hall–Kier alpha value is -1.06. The Bertz CT molecular complexity index is 430. The van der Waals surface area contributed by atoms with Crippen molar-refractivity contribution < 1.29 is 9.59 Å². The van der Waals surface area contributed by atoms with Crippen LogP contribution in [0.25, 0.3) is 0 Å². The molecule has 15 heavy (non-hydrogen) atoms. The van der Waals surface area contributed by atoms with Crippen LogP contribution in [0.2, 0.25) is 10.0 Å². The molecule has 0 unspecified atom stereocenters. The first-order chi connectivity index (χ1) is 6.93. The summed E-state index contributed by atoms with van der Waals surface area (Å²) in [5.74, 6) is -0.417. The molecule has 0 saturated heterocycles. The molecule has 0 aliphatic heterocycles. The molecular weight excluding hydrogens is 237 g/mol. The molecular formula is C10H9Cl2NO2. The number of amides is 1. The fraction of sp³-hybridized carbons (Fsp3) is 0.200. The monoisotopic (exact) mass is 245 g/mol. The molecule has 1 aromatic rings. The summed E-state index contributed by atoms with van der Waals surface area (Å²) < 4.78 is 0. The minimum Gasteiger partial charge on any atom is -0.325 e. The molecule has 0 aliphatic carbocycles. The first-order valence-corrected chi connectivity index (χ1v) is 4.95. The van der Waals surface area contributed by atoms with Gasteiger partial charge in [-0.1, -0.05) is 23.2 Å². The van der Waals surface area contributed by atoms with Crippen LogP contribution in [-0.2, 0) is 4.79 Å². The number of hydrogen-bond acceptors (Lipinski definition) is 2. The number of halogens is 2. The second-order valence-corrected chi connectivity index (χ2v) is 3.78. The average Bonchev–Trinajstić information content (AvgIpc) is 2.12. The third-order valence-corrected chi connectivity index (χ3v) is 2.65. The first kappa shape index (κ1) is 12.0. The van der Waals surface area contributed by atoms with Gasteiger partial charge in [0, 0.05) is 12.5 Å². The van der Waals surface area contributed by atoms with E-state index in [-0.39, 0.29) is 21.7 Å². The quantitative estimate of drug-likeness (QED) is 0.814. The number of carbonyl (C=O) groups excluding carboxylic acids is 2. The van der Waals surface area contributed by atoms with Gasteiger partial charge in [-0.3, -0.25) is 9.59 Å². The molecule has 0 saturated carbocycles. The molecule has 0 atom stereocenters. The fourth-order valence-electron chi connectivity index (χ4n) is 1.11. The van der Waals surface area contributed by atoms with Gasteiger partial charge in [0.25, 0.3) is 0 Å². The number of anilines is 1. The summed E-state index contributed by atoms with van der Waals surface area (Å²) in [7, 11) is 0. The van der Waals surface area contributed by atoms with Gasteiger partial charge >= 0.3 is 0 Å². The SMILES string of the molecule is CC(=O)Nc1ccc(C(C)=O)c(Cl)c1Cl. The third-order valence-electron chi connectivity index (χ3n) is 1.77. The maximum Gasteiger partial charge on any atom is 0.221 e. The molecule has 0 spiro atoms. The van der Waals surface area contributed by atoms with Gasteiger partial charge in [-0.15, -0.1) is 0 Å². The molecule has 1 N–H and O–H groups in total. The van der Waals surface area contributed by atoms with Crippen LogP contribution < -0.4 is 5.32 Å². The normalized spacial score (nSPS) is 9.87. The van der Waals surface area contributed by atoms with E-state index in [0.717, 1.165) is 0 Å². The van der Waals surface area contributed by atoms with Crippen LogP contribution >= 0.6 is 23.2 Å². The topological polar surface area (TPSA) is 46.2 Å². The highest BCUT2D eigenvalue weighted by Gasteiger charge is 2.13. The summed E-state index contributed by atoms with van der Waals surface area (Å²) >= 11 is 11.8. The standard InChI is InChI=1S/C10H9Cl2NO2/c1-5(14)7-3-4-8(13-6(2)15)10(12)9(7)11/h3-4H,1-2H3,(H,13,15). The summed E-state index contributed by atoms with van der Waals surface area (Å²) in [6.07, 6.45) is 0. The maximum absolute atomic E-state index is 11.1.